The molecule has 1 aliphatic rings. The maximum atomic E-state index is 12.8. The van der Waals surface area contributed by atoms with Gasteiger partial charge in [0.2, 0.25) is 0 Å². The number of phenols is 1. The first-order valence-electron chi connectivity index (χ1n) is 7.72. The van der Waals surface area contributed by atoms with Crippen LogP contribution in [0.4, 0.5) is 13.2 Å². The van der Waals surface area contributed by atoms with Crippen molar-refractivity contribution in [3.8, 4) is 33.8 Å². The predicted octanol–water partition coefficient (Wildman–Crippen LogP) is 5.53. The van der Waals surface area contributed by atoms with Gasteiger partial charge in [0.25, 0.3) is 0 Å². The second-order valence-electron chi connectivity index (χ2n) is 5.89. The molecule has 126 valence electrons. The number of phenolic OH excluding ortho intramolecular Hbond substituents is 1. The highest BCUT2D eigenvalue weighted by atomic mass is 19.4. The van der Waals surface area contributed by atoms with Crippen LogP contribution in [0.5, 0.6) is 11.5 Å². The highest BCUT2D eigenvalue weighted by Crippen LogP contribution is 2.44. The monoisotopic (exact) mass is 342 g/mol. The maximum absolute atomic E-state index is 12.8. The van der Waals surface area contributed by atoms with Gasteiger partial charge in [-0.15, -0.1) is 13.2 Å². The van der Waals surface area contributed by atoms with Crippen LogP contribution in [-0.4, -0.2) is 11.5 Å². The normalized spacial score (nSPS) is 12.6. The van der Waals surface area contributed by atoms with E-state index in [1.807, 2.05) is 36.4 Å². The molecule has 3 aromatic rings. The van der Waals surface area contributed by atoms with Gasteiger partial charge >= 0.3 is 6.36 Å². The summed E-state index contributed by atoms with van der Waals surface area (Å²) in [5.41, 5.74) is 5.19. The van der Waals surface area contributed by atoms with Crippen LogP contribution in [0, 0.1) is 0 Å². The molecule has 0 aromatic heterocycles. The van der Waals surface area contributed by atoms with E-state index in [1.54, 1.807) is 6.07 Å². The number of hydrogen-bond acceptors (Lipinski definition) is 2. The number of hydrogen-bond donors (Lipinski definition) is 1. The van der Waals surface area contributed by atoms with Crippen LogP contribution in [0.15, 0.2) is 60.7 Å². The molecule has 4 rings (SSSR count). The fraction of sp³-hybridized carbons (Fsp3) is 0.100. The summed E-state index contributed by atoms with van der Waals surface area (Å²) in [5, 5.41) is 9.57. The van der Waals surface area contributed by atoms with Crippen LogP contribution in [0.2, 0.25) is 0 Å². The second-order valence-corrected chi connectivity index (χ2v) is 5.89. The Morgan fingerprint density at radius 2 is 1.48 bits per heavy atom. The van der Waals surface area contributed by atoms with Crippen molar-refractivity contribution >= 4 is 0 Å². The van der Waals surface area contributed by atoms with Gasteiger partial charge in [-0.2, -0.15) is 0 Å². The predicted molar refractivity (Wildman–Crippen MR) is 88.5 cm³/mol. The fourth-order valence-electron chi connectivity index (χ4n) is 3.35. The van der Waals surface area contributed by atoms with Gasteiger partial charge in [0.05, 0.1) is 0 Å². The Balaban J connectivity index is 1.88. The Hall–Kier alpha value is -2.95. The van der Waals surface area contributed by atoms with Crippen molar-refractivity contribution in [1.29, 1.82) is 0 Å². The summed E-state index contributed by atoms with van der Waals surface area (Å²) in [4.78, 5) is 0. The van der Waals surface area contributed by atoms with Crippen molar-refractivity contribution in [1.82, 2.24) is 0 Å². The van der Waals surface area contributed by atoms with E-state index in [0.29, 0.717) is 17.5 Å². The van der Waals surface area contributed by atoms with Gasteiger partial charge in [-0.25, -0.2) is 0 Å². The molecule has 2 nitrogen and oxygen atoms in total. The molecule has 1 aliphatic carbocycles. The molecule has 0 radical (unpaired) electrons. The molecule has 0 saturated heterocycles. The van der Waals surface area contributed by atoms with E-state index in [4.69, 9.17) is 0 Å². The average Bonchev–Trinajstić information content (AvgIpc) is 2.92. The molecule has 0 amide bonds. The number of fused-ring (bicyclic) bond motifs is 3. The Kier molecular flexibility index (Phi) is 3.46. The minimum Gasteiger partial charge on any atom is -0.508 e. The highest BCUT2D eigenvalue weighted by molar-refractivity contribution is 5.86. The summed E-state index contributed by atoms with van der Waals surface area (Å²) in [6.07, 6.45) is -4.18. The van der Waals surface area contributed by atoms with Crippen molar-refractivity contribution in [2.24, 2.45) is 0 Å². The molecule has 0 heterocycles. The summed E-state index contributed by atoms with van der Waals surface area (Å²) >= 11 is 0. The summed E-state index contributed by atoms with van der Waals surface area (Å²) in [6.45, 7) is 0. The molecule has 0 fully saturated rings. The molecule has 0 spiro atoms. The molecule has 0 aliphatic heterocycles. The van der Waals surface area contributed by atoms with E-state index in [2.05, 4.69) is 4.74 Å². The van der Waals surface area contributed by atoms with Crippen molar-refractivity contribution in [2.75, 3.05) is 0 Å². The van der Waals surface area contributed by atoms with Crippen molar-refractivity contribution < 1.29 is 23.0 Å². The van der Waals surface area contributed by atoms with Crippen LogP contribution in [0.3, 0.4) is 0 Å². The van der Waals surface area contributed by atoms with E-state index in [-0.39, 0.29) is 5.75 Å². The van der Waals surface area contributed by atoms with Crippen LogP contribution < -0.4 is 4.74 Å². The van der Waals surface area contributed by atoms with Crippen LogP contribution >= 0.6 is 0 Å². The molecule has 25 heavy (non-hydrogen) atoms. The first-order valence-corrected chi connectivity index (χ1v) is 7.72. The second kappa shape index (κ2) is 5.55. The largest absolute Gasteiger partial charge is 0.573 e. The van der Waals surface area contributed by atoms with Crippen LogP contribution in [0.1, 0.15) is 11.1 Å². The molecule has 0 saturated carbocycles. The minimum atomic E-state index is -4.83. The van der Waals surface area contributed by atoms with Gasteiger partial charge in [-0.1, -0.05) is 42.5 Å². The van der Waals surface area contributed by atoms with Gasteiger partial charge in [0, 0.05) is 11.6 Å². The first-order chi connectivity index (χ1) is 11.9. The SMILES string of the molecule is Oc1ccc(-c2cccc3c2Cc2ccccc2-3)c(OC(F)(F)F)c1. The fourth-order valence-corrected chi connectivity index (χ4v) is 3.35. The smallest absolute Gasteiger partial charge is 0.508 e. The molecule has 5 heteroatoms. The quantitative estimate of drug-likeness (QED) is 0.519. The minimum absolute atomic E-state index is 0.279. The van der Waals surface area contributed by atoms with Gasteiger partial charge < -0.3 is 9.84 Å². The summed E-state index contributed by atoms with van der Waals surface area (Å²) in [5.74, 6) is -0.685. The van der Waals surface area contributed by atoms with E-state index in [0.717, 1.165) is 28.3 Å². The lowest BCUT2D eigenvalue weighted by atomic mass is 9.95. The molecular formula is C20H13F3O2. The zero-order valence-corrected chi connectivity index (χ0v) is 13.0. The third-order valence-electron chi connectivity index (χ3n) is 4.33. The first kappa shape index (κ1) is 15.6. The van der Waals surface area contributed by atoms with Crippen molar-refractivity contribution in [3.63, 3.8) is 0 Å². The maximum Gasteiger partial charge on any atom is 0.573 e. The molecular weight excluding hydrogens is 329 g/mol. The van der Waals surface area contributed by atoms with E-state index in [1.165, 1.54) is 12.1 Å². The number of halogens is 3. The standard InChI is InChI=1S/C20H13F3O2/c21-20(22,23)25-19-11-13(24)8-9-17(19)16-7-3-6-15-14-5-2-1-4-12(14)10-18(15)16/h1-9,11,24H,10H2. The number of ether oxygens (including phenoxy) is 1. The third-order valence-corrected chi connectivity index (χ3v) is 4.33. The summed E-state index contributed by atoms with van der Waals surface area (Å²) < 4.78 is 42.4. The lowest BCUT2D eigenvalue weighted by Gasteiger charge is -2.16. The molecule has 0 bridgehead atoms. The topological polar surface area (TPSA) is 29.5 Å². The van der Waals surface area contributed by atoms with Crippen molar-refractivity contribution in [2.45, 2.75) is 12.8 Å². The zero-order chi connectivity index (χ0) is 17.6. The van der Waals surface area contributed by atoms with E-state index in [9.17, 15) is 18.3 Å². The van der Waals surface area contributed by atoms with Gasteiger partial charge in [-0.3, -0.25) is 0 Å². The molecule has 0 atom stereocenters. The molecule has 1 N–H and O–H groups in total. The zero-order valence-electron chi connectivity index (χ0n) is 13.0. The number of benzene rings is 3. The number of alkyl halides is 3. The van der Waals surface area contributed by atoms with E-state index >= 15 is 0 Å². The van der Waals surface area contributed by atoms with Crippen LogP contribution in [0.25, 0.3) is 22.3 Å². The highest BCUT2D eigenvalue weighted by Gasteiger charge is 2.33. The number of rotatable bonds is 2. The average molecular weight is 342 g/mol. The lowest BCUT2D eigenvalue weighted by molar-refractivity contribution is -0.274. The van der Waals surface area contributed by atoms with Gasteiger partial charge in [0.1, 0.15) is 11.5 Å². The van der Waals surface area contributed by atoms with Crippen molar-refractivity contribution in [3.05, 3.63) is 71.8 Å². The third kappa shape index (κ3) is 2.82. The van der Waals surface area contributed by atoms with Gasteiger partial charge in [0.15, 0.2) is 0 Å². The van der Waals surface area contributed by atoms with Crippen LogP contribution in [-0.2, 0) is 6.42 Å². The van der Waals surface area contributed by atoms with E-state index < -0.39 is 12.1 Å². The van der Waals surface area contributed by atoms with Gasteiger partial charge in [-0.05, 0) is 46.4 Å². The Labute approximate surface area is 142 Å². The Morgan fingerprint density at radius 3 is 2.24 bits per heavy atom. The Morgan fingerprint density at radius 1 is 0.800 bits per heavy atom. The lowest BCUT2D eigenvalue weighted by Crippen LogP contribution is -2.17. The number of aromatic hydroxyl groups is 1. The Bertz CT molecular complexity index is 961. The molecule has 3 aromatic carbocycles. The summed E-state index contributed by atoms with van der Waals surface area (Å²) in [7, 11) is 0. The summed E-state index contributed by atoms with van der Waals surface area (Å²) in [6, 6.07) is 17.3. The molecule has 0 unspecified atom stereocenters.